The van der Waals surface area contributed by atoms with Crippen molar-refractivity contribution < 1.29 is 4.92 Å². The average molecular weight is 285 g/mol. The third kappa shape index (κ3) is 2.62. The minimum Gasteiger partial charge on any atom is -0.368 e. The van der Waals surface area contributed by atoms with Crippen molar-refractivity contribution in [1.82, 2.24) is 9.97 Å². The summed E-state index contributed by atoms with van der Waals surface area (Å²) in [5.41, 5.74) is 6.97. The average Bonchev–Trinajstić information content (AvgIpc) is 3.17. The zero-order valence-corrected chi connectivity index (χ0v) is 11.5. The first-order chi connectivity index (χ1) is 10.1. The Hall–Kier alpha value is -2.70. The molecule has 1 saturated carbocycles. The molecule has 7 heteroatoms. The first-order valence-electron chi connectivity index (χ1n) is 6.66. The largest absolute Gasteiger partial charge is 0.368 e. The summed E-state index contributed by atoms with van der Waals surface area (Å²) >= 11 is 0. The number of aryl methyl sites for hydroxylation is 1. The van der Waals surface area contributed by atoms with E-state index in [2.05, 4.69) is 27.4 Å². The van der Waals surface area contributed by atoms with E-state index in [0.717, 1.165) is 6.42 Å². The van der Waals surface area contributed by atoms with E-state index in [0.29, 0.717) is 5.92 Å². The lowest BCUT2D eigenvalue weighted by Gasteiger charge is -2.08. The number of nitrogens with zero attached hydrogens (tertiary/aromatic N) is 3. The van der Waals surface area contributed by atoms with E-state index in [-0.39, 0.29) is 29.2 Å². The fraction of sp³-hybridized carbons (Fsp3) is 0.286. The fourth-order valence-electron chi connectivity index (χ4n) is 2.51. The van der Waals surface area contributed by atoms with Crippen LogP contribution in [0.3, 0.4) is 0 Å². The maximum atomic E-state index is 11.2. The number of anilines is 2. The molecule has 1 aliphatic rings. The number of nitrogens with one attached hydrogen (secondary N) is 1. The molecule has 21 heavy (non-hydrogen) atoms. The lowest BCUT2D eigenvalue weighted by Crippen LogP contribution is -2.12. The van der Waals surface area contributed by atoms with Crippen LogP contribution in [0.1, 0.15) is 23.6 Å². The number of nitrogen functional groups attached to an aromatic ring is 1. The van der Waals surface area contributed by atoms with Crippen LogP contribution in [-0.4, -0.2) is 20.9 Å². The summed E-state index contributed by atoms with van der Waals surface area (Å²) in [7, 11) is 0. The number of benzene rings is 1. The van der Waals surface area contributed by atoms with Gasteiger partial charge >= 0.3 is 5.69 Å². The quantitative estimate of drug-likeness (QED) is 0.659. The van der Waals surface area contributed by atoms with Gasteiger partial charge < -0.3 is 11.1 Å². The van der Waals surface area contributed by atoms with Crippen molar-refractivity contribution in [2.45, 2.75) is 25.3 Å². The van der Waals surface area contributed by atoms with E-state index in [1.54, 1.807) is 6.92 Å². The lowest BCUT2D eigenvalue weighted by atomic mass is 10.1. The van der Waals surface area contributed by atoms with Crippen LogP contribution in [0, 0.1) is 17.0 Å². The normalized spacial score (nSPS) is 20.0. The van der Waals surface area contributed by atoms with Gasteiger partial charge in [0, 0.05) is 12.0 Å². The molecule has 2 unspecified atom stereocenters. The van der Waals surface area contributed by atoms with Gasteiger partial charge in [-0.25, -0.2) is 4.98 Å². The van der Waals surface area contributed by atoms with Crippen molar-refractivity contribution in [2.75, 3.05) is 11.1 Å². The second-order valence-corrected chi connectivity index (χ2v) is 5.13. The van der Waals surface area contributed by atoms with Crippen LogP contribution in [0.5, 0.6) is 0 Å². The molecule has 0 spiro atoms. The highest BCUT2D eigenvalue weighted by molar-refractivity contribution is 5.61. The first kappa shape index (κ1) is 13.3. The smallest absolute Gasteiger partial charge is 0.332 e. The van der Waals surface area contributed by atoms with E-state index >= 15 is 0 Å². The second kappa shape index (κ2) is 5.01. The minimum absolute atomic E-state index is 0.0394. The molecule has 0 aliphatic heterocycles. The zero-order valence-electron chi connectivity index (χ0n) is 11.5. The standard InChI is InChI=1S/C14H15N5O2/c1-8-12(19(20)21)13(18-14(15)16-8)17-11-7-10(11)9-5-3-2-4-6-9/h2-6,10-11H,7H2,1H3,(H3,15,16,17,18). The number of aromatic nitrogens is 2. The van der Waals surface area contributed by atoms with Crippen LogP contribution in [-0.2, 0) is 0 Å². The summed E-state index contributed by atoms with van der Waals surface area (Å²) in [6.45, 7) is 1.56. The van der Waals surface area contributed by atoms with E-state index in [1.165, 1.54) is 5.56 Å². The molecule has 0 bridgehead atoms. The monoisotopic (exact) mass is 285 g/mol. The van der Waals surface area contributed by atoms with Crippen LogP contribution in [0.4, 0.5) is 17.5 Å². The van der Waals surface area contributed by atoms with Gasteiger partial charge in [-0.2, -0.15) is 4.98 Å². The van der Waals surface area contributed by atoms with Crippen LogP contribution in [0.15, 0.2) is 30.3 Å². The SMILES string of the molecule is Cc1nc(N)nc(NC2CC2c2ccccc2)c1[N+](=O)[O-]. The van der Waals surface area contributed by atoms with E-state index in [1.807, 2.05) is 18.2 Å². The van der Waals surface area contributed by atoms with E-state index < -0.39 is 4.92 Å². The molecule has 0 saturated heterocycles. The van der Waals surface area contributed by atoms with Crippen LogP contribution >= 0.6 is 0 Å². The third-order valence-corrected chi connectivity index (χ3v) is 3.60. The summed E-state index contributed by atoms with van der Waals surface area (Å²) in [6.07, 6.45) is 0.921. The molecule has 1 fully saturated rings. The Kier molecular flexibility index (Phi) is 3.17. The highest BCUT2D eigenvalue weighted by Crippen LogP contribution is 2.43. The molecule has 108 valence electrons. The molecule has 7 nitrogen and oxygen atoms in total. The van der Waals surface area contributed by atoms with Crippen molar-refractivity contribution in [1.29, 1.82) is 0 Å². The maximum Gasteiger partial charge on any atom is 0.332 e. The summed E-state index contributed by atoms with van der Waals surface area (Å²) in [6, 6.07) is 10.2. The van der Waals surface area contributed by atoms with Gasteiger partial charge in [-0.05, 0) is 18.9 Å². The molecule has 2 atom stereocenters. The van der Waals surface area contributed by atoms with Gasteiger partial charge in [0.2, 0.25) is 11.8 Å². The highest BCUT2D eigenvalue weighted by atomic mass is 16.6. The maximum absolute atomic E-state index is 11.2. The van der Waals surface area contributed by atoms with E-state index in [4.69, 9.17) is 5.73 Å². The summed E-state index contributed by atoms with van der Waals surface area (Å²) in [4.78, 5) is 18.5. The van der Waals surface area contributed by atoms with Crippen LogP contribution in [0.25, 0.3) is 0 Å². The molecule has 3 N–H and O–H groups in total. The predicted molar refractivity (Wildman–Crippen MR) is 79.0 cm³/mol. The molecule has 0 amide bonds. The van der Waals surface area contributed by atoms with Gasteiger partial charge in [-0.15, -0.1) is 0 Å². The van der Waals surface area contributed by atoms with Crippen molar-refractivity contribution in [3.8, 4) is 0 Å². The number of hydrogen-bond acceptors (Lipinski definition) is 6. The van der Waals surface area contributed by atoms with Gasteiger partial charge in [0.1, 0.15) is 5.69 Å². The molecule has 3 rings (SSSR count). The van der Waals surface area contributed by atoms with Gasteiger partial charge in [0.25, 0.3) is 0 Å². The van der Waals surface area contributed by atoms with Crippen molar-refractivity contribution >= 4 is 17.5 Å². The molecule has 1 aromatic carbocycles. The Morgan fingerprint density at radius 3 is 2.71 bits per heavy atom. The second-order valence-electron chi connectivity index (χ2n) is 5.13. The Bertz CT molecular complexity index is 689. The Labute approximate surface area is 121 Å². The van der Waals surface area contributed by atoms with Crippen molar-refractivity contribution in [3.05, 3.63) is 51.7 Å². The number of nitro groups is 1. The molecular weight excluding hydrogens is 270 g/mol. The van der Waals surface area contributed by atoms with Crippen molar-refractivity contribution in [2.24, 2.45) is 0 Å². The molecule has 0 radical (unpaired) electrons. The van der Waals surface area contributed by atoms with Gasteiger partial charge in [0.15, 0.2) is 0 Å². The third-order valence-electron chi connectivity index (χ3n) is 3.60. The number of rotatable bonds is 4. The van der Waals surface area contributed by atoms with Crippen molar-refractivity contribution in [3.63, 3.8) is 0 Å². The van der Waals surface area contributed by atoms with Crippen LogP contribution < -0.4 is 11.1 Å². The molecule has 1 heterocycles. The zero-order chi connectivity index (χ0) is 15.0. The molecule has 1 aromatic heterocycles. The predicted octanol–water partition coefficient (Wildman–Crippen LogP) is 2.24. The Morgan fingerprint density at radius 1 is 1.33 bits per heavy atom. The van der Waals surface area contributed by atoms with Gasteiger partial charge in [0.05, 0.1) is 4.92 Å². The summed E-state index contributed by atoms with van der Waals surface area (Å²) in [5.74, 6) is 0.591. The Balaban J connectivity index is 1.82. The van der Waals surface area contributed by atoms with Crippen LogP contribution in [0.2, 0.25) is 0 Å². The minimum atomic E-state index is -0.475. The summed E-state index contributed by atoms with van der Waals surface area (Å²) < 4.78 is 0. The number of hydrogen-bond donors (Lipinski definition) is 2. The fourth-order valence-corrected chi connectivity index (χ4v) is 2.51. The Morgan fingerprint density at radius 2 is 2.05 bits per heavy atom. The summed E-state index contributed by atoms with van der Waals surface area (Å²) in [5, 5.41) is 14.3. The number of nitrogens with two attached hydrogens (primary N) is 1. The van der Waals surface area contributed by atoms with E-state index in [9.17, 15) is 10.1 Å². The molecular formula is C14H15N5O2. The first-order valence-corrected chi connectivity index (χ1v) is 6.66. The lowest BCUT2D eigenvalue weighted by molar-refractivity contribution is -0.385. The molecule has 2 aromatic rings. The topological polar surface area (TPSA) is 107 Å². The van der Waals surface area contributed by atoms with Gasteiger partial charge in [-0.3, -0.25) is 10.1 Å². The highest BCUT2D eigenvalue weighted by Gasteiger charge is 2.40. The van der Waals surface area contributed by atoms with Gasteiger partial charge in [-0.1, -0.05) is 30.3 Å². The molecule has 1 aliphatic carbocycles.